The van der Waals surface area contributed by atoms with Crippen molar-refractivity contribution in [2.45, 2.75) is 18.6 Å². The van der Waals surface area contributed by atoms with Crippen LogP contribution in [0.25, 0.3) is 0 Å². The van der Waals surface area contributed by atoms with E-state index in [0.29, 0.717) is 17.6 Å². The lowest BCUT2D eigenvalue weighted by atomic mass is 10.0. The van der Waals surface area contributed by atoms with Crippen LogP contribution in [0.4, 0.5) is 0 Å². The fourth-order valence-electron chi connectivity index (χ4n) is 1.30. The van der Waals surface area contributed by atoms with Crippen LogP contribution in [-0.4, -0.2) is 28.7 Å². The number of carbonyl (C=O) groups is 1. The molecule has 0 aromatic heterocycles. The predicted molar refractivity (Wildman–Crippen MR) is 57.0 cm³/mol. The SMILES string of the molecule is CSC1=NC(=O)CC(SC)C1C. The molecule has 0 aliphatic carbocycles. The molecule has 0 aromatic carbocycles. The van der Waals surface area contributed by atoms with Crippen molar-refractivity contribution in [1.29, 1.82) is 0 Å². The number of rotatable bonds is 1. The zero-order valence-corrected chi connectivity index (χ0v) is 9.17. The van der Waals surface area contributed by atoms with Gasteiger partial charge >= 0.3 is 0 Å². The summed E-state index contributed by atoms with van der Waals surface area (Å²) in [4.78, 5) is 15.1. The zero-order chi connectivity index (χ0) is 9.14. The molecule has 4 heteroatoms. The van der Waals surface area contributed by atoms with Crippen LogP contribution in [0.3, 0.4) is 0 Å². The lowest BCUT2D eigenvalue weighted by Crippen LogP contribution is -2.29. The number of hydrogen-bond donors (Lipinski definition) is 0. The van der Waals surface area contributed by atoms with E-state index >= 15 is 0 Å². The number of amides is 1. The average Bonchev–Trinajstić information content (AvgIpc) is 2.08. The van der Waals surface area contributed by atoms with Crippen molar-refractivity contribution < 1.29 is 4.79 Å². The quantitative estimate of drug-likeness (QED) is 0.653. The molecule has 68 valence electrons. The van der Waals surface area contributed by atoms with Crippen LogP contribution in [0.15, 0.2) is 4.99 Å². The highest BCUT2D eigenvalue weighted by atomic mass is 32.2. The minimum atomic E-state index is 0.0387. The summed E-state index contributed by atoms with van der Waals surface area (Å²) in [7, 11) is 0. The topological polar surface area (TPSA) is 29.4 Å². The maximum atomic E-state index is 11.1. The molecular formula is C8H13NOS2. The van der Waals surface area contributed by atoms with Gasteiger partial charge in [-0.25, -0.2) is 4.99 Å². The van der Waals surface area contributed by atoms with E-state index in [2.05, 4.69) is 18.2 Å². The van der Waals surface area contributed by atoms with Crippen molar-refractivity contribution >= 4 is 34.5 Å². The van der Waals surface area contributed by atoms with Gasteiger partial charge in [0.1, 0.15) is 0 Å². The Morgan fingerprint density at radius 1 is 1.50 bits per heavy atom. The van der Waals surface area contributed by atoms with Gasteiger partial charge in [0.05, 0.1) is 5.04 Å². The van der Waals surface area contributed by atoms with Gasteiger partial charge in [-0.05, 0) is 12.5 Å². The first-order valence-electron chi connectivity index (χ1n) is 3.87. The number of nitrogens with zero attached hydrogens (tertiary/aromatic N) is 1. The molecule has 0 spiro atoms. The second-order valence-electron chi connectivity index (χ2n) is 2.81. The first-order valence-corrected chi connectivity index (χ1v) is 6.38. The Kier molecular flexibility index (Phi) is 3.65. The molecule has 1 amide bonds. The summed E-state index contributed by atoms with van der Waals surface area (Å²) >= 11 is 3.35. The third-order valence-electron chi connectivity index (χ3n) is 2.07. The van der Waals surface area contributed by atoms with Crippen LogP contribution in [0.2, 0.25) is 0 Å². The highest BCUT2D eigenvalue weighted by molar-refractivity contribution is 8.13. The van der Waals surface area contributed by atoms with E-state index in [-0.39, 0.29) is 5.91 Å². The van der Waals surface area contributed by atoms with Gasteiger partial charge in [0, 0.05) is 17.6 Å². The molecule has 0 radical (unpaired) electrons. The summed E-state index contributed by atoms with van der Waals surface area (Å²) in [5, 5.41) is 1.42. The van der Waals surface area contributed by atoms with Crippen LogP contribution in [0.5, 0.6) is 0 Å². The molecule has 2 nitrogen and oxygen atoms in total. The number of hydrogen-bond acceptors (Lipinski definition) is 3. The number of aliphatic imine (C=N–C) groups is 1. The molecule has 2 atom stereocenters. The molecule has 1 aliphatic rings. The van der Waals surface area contributed by atoms with Gasteiger partial charge in [-0.3, -0.25) is 4.79 Å². The van der Waals surface area contributed by atoms with E-state index in [1.807, 2.05) is 6.26 Å². The minimum absolute atomic E-state index is 0.0387. The van der Waals surface area contributed by atoms with E-state index in [1.165, 1.54) is 0 Å². The number of thioether (sulfide) groups is 2. The highest BCUT2D eigenvalue weighted by Gasteiger charge is 2.28. The molecule has 0 saturated heterocycles. The third kappa shape index (κ3) is 2.04. The zero-order valence-electron chi connectivity index (χ0n) is 7.53. The fourth-order valence-corrected chi connectivity index (χ4v) is 2.96. The van der Waals surface area contributed by atoms with E-state index in [4.69, 9.17) is 0 Å². The van der Waals surface area contributed by atoms with Crippen LogP contribution >= 0.6 is 23.5 Å². The van der Waals surface area contributed by atoms with Crippen molar-refractivity contribution in [3.8, 4) is 0 Å². The predicted octanol–water partition coefficient (Wildman–Crippen LogP) is 2.05. The highest BCUT2D eigenvalue weighted by Crippen LogP contribution is 2.29. The standard InChI is InChI=1S/C8H13NOS2/c1-5-6(11-2)4-7(10)9-8(5)12-3/h5-6H,4H2,1-3H3. The first kappa shape index (κ1) is 10.1. The Hall–Kier alpha value is 0.0400. The van der Waals surface area contributed by atoms with Gasteiger partial charge < -0.3 is 0 Å². The molecule has 0 bridgehead atoms. The average molecular weight is 203 g/mol. The smallest absolute Gasteiger partial charge is 0.247 e. The third-order valence-corrected chi connectivity index (χ3v) is 4.13. The van der Waals surface area contributed by atoms with Gasteiger partial charge in [0.2, 0.25) is 5.91 Å². The van der Waals surface area contributed by atoms with Crippen molar-refractivity contribution in [2.75, 3.05) is 12.5 Å². The van der Waals surface area contributed by atoms with E-state index in [1.54, 1.807) is 23.5 Å². The summed E-state index contributed by atoms with van der Waals surface area (Å²) in [5.41, 5.74) is 0. The largest absolute Gasteiger partial charge is 0.273 e. The molecule has 0 fully saturated rings. The van der Waals surface area contributed by atoms with Gasteiger partial charge in [0.15, 0.2) is 0 Å². The Morgan fingerprint density at radius 3 is 2.67 bits per heavy atom. The Balaban J connectivity index is 2.79. The van der Waals surface area contributed by atoms with Crippen molar-refractivity contribution in [3.63, 3.8) is 0 Å². The van der Waals surface area contributed by atoms with Crippen LogP contribution in [0.1, 0.15) is 13.3 Å². The van der Waals surface area contributed by atoms with E-state index < -0.39 is 0 Å². The summed E-state index contributed by atoms with van der Waals surface area (Å²) in [5.74, 6) is 0.476. The molecule has 1 aliphatic heterocycles. The first-order chi connectivity index (χ1) is 5.69. The van der Waals surface area contributed by atoms with Gasteiger partial charge in [-0.2, -0.15) is 11.8 Å². The second-order valence-corrected chi connectivity index (χ2v) is 4.72. The lowest BCUT2D eigenvalue weighted by molar-refractivity contribution is -0.118. The minimum Gasteiger partial charge on any atom is -0.273 e. The van der Waals surface area contributed by atoms with Crippen molar-refractivity contribution in [1.82, 2.24) is 0 Å². The van der Waals surface area contributed by atoms with E-state index in [0.717, 1.165) is 5.04 Å². The summed E-state index contributed by atoms with van der Waals surface area (Å²) in [6, 6.07) is 0. The van der Waals surface area contributed by atoms with Crippen LogP contribution in [-0.2, 0) is 4.79 Å². The monoisotopic (exact) mass is 203 g/mol. The summed E-state index contributed by atoms with van der Waals surface area (Å²) in [6.07, 6.45) is 4.63. The van der Waals surface area contributed by atoms with Gasteiger partial charge in [0.25, 0.3) is 0 Å². The van der Waals surface area contributed by atoms with Crippen molar-refractivity contribution in [2.24, 2.45) is 10.9 Å². The molecule has 1 heterocycles. The summed E-state index contributed by atoms with van der Waals surface area (Å²) in [6.45, 7) is 2.14. The molecule has 0 aromatic rings. The normalized spacial score (nSPS) is 30.2. The van der Waals surface area contributed by atoms with Crippen LogP contribution < -0.4 is 0 Å². The number of carbonyl (C=O) groups excluding carboxylic acids is 1. The molecule has 2 unspecified atom stereocenters. The van der Waals surface area contributed by atoms with Gasteiger partial charge in [-0.1, -0.05) is 6.92 Å². The Bertz CT molecular complexity index is 215. The van der Waals surface area contributed by atoms with E-state index in [9.17, 15) is 4.79 Å². The maximum absolute atomic E-state index is 11.1. The second kappa shape index (κ2) is 4.33. The Labute approximate surface area is 81.6 Å². The maximum Gasteiger partial charge on any atom is 0.247 e. The van der Waals surface area contributed by atoms with Crippen molar-refractivity contribution in [3.05, 3.63) is 0 Å². The molecule has 12 heavy (non-hydrogen) atoms. The van der Waals surface area contributed by atoms with Gasteiger partial charge in [-0.15, -0.1) is 11.8 Å². The molecule has 0 N–H and O–H groups in total. The fraction of sp³-hybridized carbons (Fsp3) is 0.750. The molecular weight excluding hydrogens is 190 g/mol. The molecule has 0 saturated carbocycles. The molecule has 1 rings (SSSR count). The summed E-state index contributed by atoms with van der Waals surface area (Å²) < 4.78 is 0. The lowest BCUT2D eigenvalue weighted by Gasteiger charge is -2.25. The van der Waals surface area contributed by atoms with Crippen LogP contribution in [0, 0.1) is 5.92 Å². The Morgan fingerprint density at radius 2 is 2.17 bits per heavy atom.